The Kier molecular flexibility index (Phi) is 39.0. The first-order chi connectivity index (χ1) is 11.1. The maximum absolute atomic E-state index is 10.9. The molecule has 144 valence electrons. The summed E-state index contributed by atoms with van der Waals surface area (Å²) >= 11 is 0. The maximum atomic E-state index is 10.9. The molecule has 0 spiro atoms. The van der Waals surface area contributed by atoms with Crippen LogP contribution < -0.4 is 20.4 Å². The fraction of sp³-hybridized carbons (Fsp3) is 0.688. The van der Waals surface area contributed by atoms with Gasteiger partial charge in [-0.1, -0.05) is 27.4 Å². The second-order valence-electron chi connectivity index (χ2n) is 4.05. The summed E-state index contributed by atoms with van der Waals surface area (Å²) in [4.78, 5) is 32.2. The third kappa shape index (κ3) is 35.1. The summed E-state index contributed by atoms with van der Waals surface area (Å²) in [7, 11) is 0. The molecule has 0 saturated carbocycles. The summed E-state index contributed by atoms with van der Waals surface area (Å²) in [6, 6.07) is 0. The Bertz CT molecular complexity index is 326. The summed E-state index contributed by atoms with van der Waals surface area (Å²) < 4.78 is 4.65. The summed E-state index contributed by atoms with van der Waals surface area (Å²) in [5, 5.41) is 37.3. The van der Waals surface area contributed by atoms with Crippen molar-refractivity contribution in [2.45, 2.75) is 41.0 Å². The second-order valence-corrected chi connectivity index (χ2v) is 4.05. The van der Waals surface area contributed by atoms with Gasteiger partial charge in [0, 0.05) is 5.57 Å². The Labute approximate surface area is 164 Å². The van der Waals surface area contributed by atoms with E-state index in [0.29, 0.717) is 0 Å². The Morgan fingerprint density at radius 3 is 1.48 bits per heavy atom. The Hall–Kier alpha value is -1.06. The number of carboxylic acids is 1. The van der Waals surface area contributed by atoms with Crippen molar-refractivity contribution in [1.82, 2.24) is 0 Å². The van der Waals surface area contributed by atoms with Crippen molar-refractivity contribution < 1.29 is 61.3 Å². The Morgan fingerprint density at radius 2 is 1.28 bits per heavy atom. The van der Waals surface area contributed by atoms with Gasteiger partial charge in [-0.3, -0.25) is 4.79 Å². The Balaban J connectivity index is -0.000000112. The van der Waals surface area contributed by atoms with Crippen LogP contribution in [0.1, 0.15) is 41.0 Å². The van der Waals surface area contributed by atoms with E-state index in [1.807, 2.05) is 0 Å². The molecule has 9 heteroatoms. The zero-order valence-electron chi connectivity index (χ0n) is 15.6. The summed E-state index contributed by atoms with van der Waals surface area (Å²) in [5.74, 6) is -3.78. The number of ketones is 1. The van der Waals surface area contributed by atoms with Gasteiger partial charge in [0.1, 0.15) is 5.78 Å². The standard InChI is InChI=1S/C10H14O5.3C2H5O.Ti/c1-6(2)10(14)15-5-4-8(7(3)11)9(12)13;3*1-2-3;/h8H,1,4-5H2,2-3H3,(H,12,13);3*2H2,1H3;/q;3*-1;+4/p-1. The number of hydrogen-bond donors (Lipinski definition) is 0. The minimum atomic E-state index is -1.45. The van der Waals surface area contributed by atoms with E-state index in [4.69, 9.17) is 15.3 Å². The Morgan fingerprint density at radius 1 is 0.960 bits per heavy atom. The smallest absolute Gasteiger partial charge is 0.855 e. The zero-order valence-corrected chi connectivity index (χ0v) is 17.1. The van der Waals surface area contributed by atoms with Gasteiger partial charge in [-0.25, -0.2) is 4.79 Å². The predicted molar refractivity (Wildman–Crippen MR) is 81.2 cm³/mol. The number of aliphatic carboxylic acids is 1. The van der Waals surface area contributed by atoms with Gasteiger partial charge in [0.15, 0.2) is 0 Å². The second kappa shape index (κ2) is 27.8. The van der Waals surface area contributed by atoms with Crippen LogP contribution in [0.25, 0.3) is 0 Å². The zero-order chi connectivity index (χ0) is 20.1. The molecule has 0 saturated heterocycles. The van der Waals surface area contributed by atoms with Crippen molar-refractivity contribution in [3.05, 3.63) is 12.2 Å². The van der Waals surface area contributed by atoms with Crippen LogP contribution in [0.3, 0.4) is 0 Å². The van der Waals surface area contributed by atoms with E-state index in [-0.39, 0.29) is 60.1 Å². The molecule has 0 bridgehead atoms. The average molecular weight is 396 g/mol. The fourth-order valence-corrected chi connectivity index (χ4v) is 0.880. The van der Waals surface area contributed by atoms with Crippen molar-refractivity contribution in [1.29, 1.82) is 0 Å². The molecule has 0 aliphatic carbocycles. The van der Waals surface area contributed by atoms with Crippen molar-refractivity contribution in [3.8, 4) is 0 Å². The molecule has 0 heterocycles. The van der Waals surface area contributed by atoms with Crippen LogP contribution >= 0.6 is 0 Å². The van der Waals surface area contributed by atoms with Gasteiger partial charge >= 0.3 is 27.7 Å². The molecule has 8 nitrogen and oxygen atoms in total. The van der Waals surface area contributed by atoms with Gasteiger partial charge in [-0.2, -0.15) is 0 Å². The van der Waals surface area contributed by atoms with Gasteiger partial charge in [-0.05, 0) is 20.3 Å². The van der Waals surface area contributed by atoms with Crippen molar-refractivity contribution in [2.24, 2.45) is 5.92 Å². The molecule has 0 aromatic rings. The maximum Gasteiger partial charge on any atom is 4.00 e. The topological polar surface area (TPSA) is 153 Å². The molecule has 1 atom stereocenters. The molecule has 0 aromatic carbocycles. The molecule has 0 radical (unpaired) electrons. The number of carbonyl (C=O) groups excluding carboxylic acids is 3. The minimum absolute atomic E-state index is 0. The van der Waals surface area contributed by atoms with E-state index >= 15 is 0 Å². The van der Waals surface area contributed by atoms with Crippen LogP contribution in [0, 0.1) is 5.92 Å². The molecule has 0 N–H and O–H groups in total. The number of Topliss-reactive ketones (excluding diaryl/α,β-unsaturated/α-hetero) is 1. The number of rotatable bonds is 6. The average Bonchev–Trinajstić information content (AvgIpc) is 2.44. The van der Waals surface area contributed by atoms with Gasteiger partial charge in [0.05, 0.1) is 18.5 Å². The largest absolute Gasteiger partial charge is 4.00 e. The summed E-state index contributed by atoms with van der Waals surface area (Å²) in [6.07, 6.45) is -0.0727. The van der Waals surface area contributed by atoms with E-state index in [9.17, 15) is 19.5 Å². The molecular formula is C16H28O8Ti. The van der Waals surface area contributed by atoms with E-state index in [1.165, 1.54) is 6.92 Å². The van der Waals surface area contributed by atoms with Crippen LogP contribution in [0.2, 0.25) is 0 Å². The first kappa shape index (κ1) is 35.1. The molecule has 0 amide bonds. The van der Waals surface area contributed by atoms with Crippen LogP contribution in [0.15, 0.2) is 12.2 Å². The molecule has 0 aliphatic rings. The van der Waals surface area contributed by atoms with E-state index in [0.717, 1.165) is 6.92 Å². The van der Waals surface area contributed by atoms with Gasteiger partial charge in [-0.15, -0.1) is 19.8 Å². The molecule has 0 fully saturated rings. The van der Waals surface area contributed by atoms with Crippen LogP contribution in [0.4, 0.5) is 0 Å². The van der Waals surface area contributed by atoms with Crippen LogP contribution in [0.5, 0.6) is 0 Å². The number of esters is 1. The quantitative estimate of drug-likeness (QED) is 0.208. The van der Waals surface area contributed by atoms with Crippen molar-refractivity contribution >= 4 is 17.7 Å². The third-order valence-electron chi connectivity index (χ3n) is 1.76. The normalized spacial score (nSPS) is 9.12. The van der Waals surface area contributed by atoms with Crippen LogP contribution in [-0.2, 0) is 40.8 Å². The number of carbonyl (C=O) groups is 3. The summed E-state index contributed by atoms with van der Waals surface area (Å²) in [6.45, 7) is 10.6. The minimum Gasteiger partial charge on any atom is -0.855 e. The van der Waals surface area contributed by atoms with Crippen molar-refractivity contribution in [3.63, 3.8) is 0 Å². The molecule has 0 aromatic heterocycles. The monoisotopic (exact) mass is 396 g/mol. The molecule has 1 unspecified atom stereocenters. The van der Waals surface area contributed by atoms with E-state index < -0.39 is 23.6 Å². The summed E-state index contributed by atoms with van der Waals surface area (Å²) in [5.41, 5.74) is 0.225. The number of ether oxygens (including phenoxy) is 1. The first-order valence-corrected chi connectivity index (χ1v) is 7.39. The number of carboxylic acid groups (broad SMARTS) is 1. The molecule has 0 aliphatic heterocycles. The number of hydrogen-bond acceptors (Lipinski definition) is 8. The molecule has 0 rings (SSSR count). The van der Waals surface area contributed by atoms with Crippen molar-refractivity contribution in [2.75, 3.05) is 26.4 Å². The van der Waals surface area contributed by atoms with Gasteiger partial charge in [0.2, 0.25) is 0 Å². The van der Waals surface area contributed by atoms with Gasteiger partial charge in [0.25, 0.3) is 0 Å². The molecular weight excluding hydrogens is 368 g/mol. The fourth-order valence-electron chi connectivity index (χ4n) is 0.880. The predicted octanol–water partition coefficient (Wildman–Crippen LogP) is -2.45. The SMILES string of the molecule is C=C(C)C(=O)OCCC(C(C)=O)C(=O)[O-].CC[O-].CC[O-].CC[O-].[Ti+4]. The van der Waals surface area contributed by atoms with Crippen LogP contribution in [-0.4, -0.2) is 44.1 Å². The van der Waals surface area contributed by atoms with Gasteiger partial charge < -0.3 is 30.0 Å². The first-order valence-electron chi connectivity index (χ1n) is 7.39. The van der Waals surface area contributed by atoms with E-state index in [2.05, 4.69) is 11.3 Å². The third-order valence-corrected chi connectivity index (χ3v) is 1.76. The van der Waals surface area contributed by atoms with E-state index in [1.54, 1.807) is 20.8 Å². The molecule has 25 heavy (non-hydrogen) atoms.